The Hall–Kier alpha value is -1.01. The van der Waals surface area contributed by atoms with E-state index in [1.54, 1.807) is 23.7 Å². The lowest BCUT2D eigenvalue weighted by Crippen LogP contribution is -2.38. The zero-order chi connectivity index (χ0) is 17.4. The maximum Gasteiger partial charge on any atom is 0.232 e. The summed E-state index contributed by atoms with van der Waals surface area (Å²) in [6.07, 6.45) is 0.552. The van der Waals surface area contributed by atoms with E-state index < -0.39 is 9.84 Å². The first-order chi connectivity index (χ1) is 10.6. The molecule has 1 aliphatic rings. The van der Waals surface area contributed by atoms with Crippen LogP contribution in [0.25, 0.3) is 0 Å². The molecule has 0 saturated carbocycles. The molecule has 4 nitrogen and oxygen atoms in total. The highest BCUT2D eigenvalue weighted by atomic mass is 32.2. The van der Waals surface area contributed by atoms with Crippen LogP contribution >= 0.6 is 11.8 Å². The molecule has 1 fully saturated rings. The lowest BCUT2D eigenvalue weighted by molar-refractivity contribution is -0.128. The number of carbonyl (C=O) groups excluding carboxylic acids is 1. The van der Waals surface area contributed by atoms with Crippen molar-refractivity contribution in [2.75, 3.05) is 24.3 Å². The molecule has 0 unspecified atom stereocenters. The van der Waals surface area contributed by atoms with Gasteiger partial charge < -0.3 is 4.90 Å². The van der Waals surface area contributed by atoms with Gasteiger partial charge in [0.15, 0.2) is 9.84 Å². The average Bonchev–Trinajstić information content (AvgIpc) is 2.84. The Balaban J connectivity index is 2.05. The first-order valence-corrected chi connectivity index (χ1v) is 10.6. The topological polar surface area (TPSA) is 54.5 Å². The second-order valence-electron chi connectivity index (χ2n) is 6.44. The number of benzene rings is 1. The Morgan fingerprint density at radius 3 is 2.26 bits per heavy atom. The van der Waals surface area contributed by atoms with E-state index in [1.807, 2.05) is 0 Å². The number of amides is 1. The fraction of sp³-hybridized carbons (Fsp3) is 0.588. The third kappa shape index (κ3) is 4.10. The Morgan fingerprint density at radius 1 is 1.22 bits per heavy atom. The minimum Gasteiger partial charge on any atom is -0.341 e. The van der Waals surface area contributed by atoms with Crippen molar-refractivity contribution >= 4 is 27.5 Å². The molecule has 23 heavy (non-hydrogen) atoms. The second-order valence-corrected chi connectivity index (χ2v) is 9.65. The molecular weight excluding hydrogens is 330 g/mol. The van der Waals surface area contributed by atoms with Crippen LogP contribution < -0.4 is 0 Å². The van der Waals surface area contributed by atoms with Crippen molar-refractivity contribution in [3.05, 3.63) is 28.3 Å². The number of carbonyl (C=O) groups is 1. The molecule has 1 heterocycles. The van der Waals surface area contributed by atoms with Crippen LogP contribution in [-0.2, 0) is 14.6 Å². The number of rotatable bonds is 4. The van der Waals surface area contributed by atoms with E-state index in [4.69, 9.17) is 0 Å². The highest BCUT2D eigenvalue weighted by Crippen LogP contribution is 2.31. The molecule has 0 radical (unpaired) electrons. The van der Waals surface area contributed by atoms with Crippen molar-refractivity contribution in [2.24, 2.45) is 0 Å². The van der Waals surface area contributed by atoms with Crippen molar-refractivity contribution in [3.8, 4) is 0 Å². The van der Waals surface area contributed by atoms with Gasteiger partial charge in [0.05, 0.1) is 17.3 Å². The normalized spacial score (nSPS) is 19.8. The van der Waals surface area contributed by atoms with Gasteiger partial charge in [-0.2, -0.15) is 0 Å². The maximum absolute atomic E-state index is 12.4. The molecule has 1 atom stereocenters. The SMILES string of the molecule is Cc1cc(C)c(C)c(SCC(=O)N(C)[C@@H]2CCS(=O)(=O)C2)c1C. The third-order valence-electron chi connectivity index (χ3n) is 4.79. The number of thioether (sulfide) groups is 1. The van der Waals surface area contributed by atoms with Crippen LogP contribution in [0.5, 0.6) is 0 Å². The van der Waals surface area contributed by atoms with Crippen LogP contribution in [0.2, 0.25) is 0 Å². The predicted molar refractivity (Wildman–Crippen MR) is 95.9 cm³/mol. The summed E-state index contributed by atoms with van der Waals surface area (Å²) in [7, 11) is -1.25. The van der Waals surface area contributed by atoms with Crippen LogP contribution in [0.1, 0.15) is 28.7 Å². The van der Waals surface area contributed by atoms with Gasteiger partial charge in [0, 0.05) is 18.0 Å². The third-order valence-corrected chi connectivity index (χ3v) is 7.83. The fourth-order valence-corrected chi connectivity index (χ4v) is 5.92. The van der Waals surface area contributed by atoms with Gasteiger partial charge in [-0.3, -0.25) is 4.79 Å². The number of sulfone groups is 1. The molecule has 0 N–H and O–H groups in total. The van der Waals surface area contributed by atoms with E-state index in [2.05, 4.69) is 33.8 Å². The molecule has 0 bridgehead atoms. The van der Waals surface area contributed by atoms with Crippen LogP contribution in [0.3, 0.4) is 0 Å². The van der Waals surface area contributed by atoms with E-state index in [0.717, 1.165) is 0 Å². The smallest absolute Gasteiger partial charge is 0.232 e. The van der Waals surface area contributed by atoms with Crippen molar-refractivity contribution in [1.82, 2.24) is 4.90 Å². The molecule has 0 spiro atoms. The molecule has 1 aromatic rings. The van der Waals surface area contributed by atoms with Crippen LogP contribution in [-0.4, -0.2) is 49.6 Å². The van der Waals surface area contributed by atoms with Gasteiger partial charge >= 0.3 is 0 Å². The lowest BCUT2D eigenvalue weighted by Gasteiger charge is -2.23. The summed E-state index contributed by atoms with van der Waals surface area (Å²) in [5.74, 6) is 0.631. The highest BCUT2D eigenvalue weighted by molar-refractivity contribution is 8.00. The number of hydrogen-bond donors (Lipinski definition) is 0. The summed E-state index contributed by atoms with van der Waals surface area (Å²) in [4.78, 5) is 15.2. The molecule has 128 valence electrons. The second kappa shape index (κ2) is 6.85. The van der Waals surface area contributed by atoms with E-state index in [1.165, 1.54) is 27.1 Å². The molecule has 6 heteroatoms. The largest absolute Gasteiger partial charge is 0.341 e. The molecule has 1 amide bonds. The quantitative estimate of drug-likeness (QED) is 0.779. The van der Waals surface area contributed by atoms with Crippen LogP contribution in [0, 0.1) is 27.7 Å². The standard InChI is InChI=1S/C17H25NO3S2/c1-11-8-12(2)14(4)17(13(11)3)22-9-16(19)18(5)15-6-7-23(20,21)10-15/h8,15H,6-7,9-10H2,1-5H3/t15-/m1/s1. The summed E-state index contributed by atoms with van der Waals surface area (Å²) >= 11 is 1.56. The van der Waals surface area contributed by atoms with Crippen LogP contribution in [0.15, 0.2) is 11.0 Å². The van der Waals surface area contributed by atoms with Crippen molar-refractivity contribution < 1.29 is 13.2 Å². The van der Waals surface area contributed by atoms with Gasteiger partial charge in [-0.25, -0.2) is 8.42 Å². The van der Waals surface area contributed by atoms with E-state index in [9.17, 15) is 13.2 Å². The van der Waals surface area contributed by atoms with Gasteiger partial charge in [-0.15, -0.1) is 11.8 Å². The molecule has 1 aliphatic heterocycles. The Morgan fingerprint density at radius 2 is 1.78 bits per heavy atom. The Kier molecular flexibility index (Phi) is 5.46. The fourth-order valence-electron chi connectivity index (χ4n) is 2.92. The van der Waals surface area contributed by atoms with E-state index >= 15 is 0 Å². The summed E-state index contributed by atoms with van der Waals surface area (Å²) in [5.41, 5.74) is 4.91. The molecule has 1 aromatic carbocycles. The van der Waals surface area contributed by atoms with Crippen molar-refractivity contribution in [3.63, 3.8) is 0 Å². The summed E-state index contributed by atoms with van der Waals surface area (Å²) in [6.45, 7) is 8.34. The monoisotopic (exact) mass is 355 g/mol. The maximum atomic E-state index is 12.4. The molecule has 0 aromatic heterocycles. The Bertz CT molecular complexity index is 700. The van der Waals surface area contributed by atoms with E-state index in [-0.39, 0.29) is 23.5 Å². The predicted octanol–water partition coefficient (Wildman–Crippen LogP) is 2.66. The molecule has 2 rings (SSSR count). The highest BCUT2D eigenvalue weighted by Gasteiger charge is 2.32. The van der Waals surface area contributed by atoms with E-state index in [0.29, 0.717) is 12.2 Å². The molecular formula is C17H25NO3S2. The average molecular weight is 356 g/mol. The minimum absolute atomic E-state index is 0.00457. The number of hydrogen-bond acceptors (Lipinski definition) is 4. The van der Waals surface area contributed by atoms with Gasteiger partial charge in [-0.05, 0) is 56.4 Å². The van der Waals surface area contributed by atoms with Gasteiger partial charge in [-0.1, -0.05) is 6.07 Å². The molecule has 1 saturated heterocycles. The zero-order valence-corrected chi connectivity index (χ0v) is 16.1. The summed E-state index contributed by atoms with van der Waals surface area (Å²) in [5, 5.41) is 0. The zero-order valence-electron chi connectivity index (χ0n) is 14.5. The first-order valence-electron chi connectivity index (χ1n) is 7.78. The Labute approximate surface area is 143 Å². The van der Waals surface area contributed by atoms with Gasteiger partial charge in [0.2, 0.25) is 5.91 Å². The lowest BCUT2D eigenvalue weighted by atomic mass is 10.0. The van der Waals surface area contributed by atoms with Gasteiger partial charge in [0.1, 0.15) is 0 Å². The summed E-state index contributed by atoms with van der Waals surface area (Å²) < 4.78 is 23.1. The van der Waals surface area contributed by atoms with Crippen molar-refractivity contribution in [2.45, 2.75) is 45.1 Å². The van der Waals surface area contributed by atoms with Gasteiger partial charge in [0.25, 0.3) is 0 Å². The molecule has 0 aliphatic carbocycles. The van der Waals surface area contributed by atoms with Crippen LogP contribution in [0.4, 0.5) is 0 Å². The minimum atomic E-state index is -2.97. The number of nitrogens with zero attached hydrogens (tertiary/aromatic N) is 1. The summed E-state index contributed by atoms with van der Waals surface area (Å²) in [6, 6.07) is 2.00. The van der Waals surface area contributed by atoms with Crippen molar-refractivity contribution in [1.29, 1.82) is 0 Å². The number of aryl methyl sites for hydroxylation is 2. The first kappa shape index (κ1) is 18.3.